The van der Waals surface area contributed by atoms with Crippen LogP contribution in [-0.4, -0.2) is 35.6 Å². The molecule has 138 valence electrons. The van der Waals surface area contributed by atoms with E-state index in [4.69, 9.17) is 9.47 Å². The van der Waals surface area contributed by atoms with Gasteiger partial charge in [-0.3, -0.25) is 4.79 Å². The number of aryl methyl sites for hydroxylation is 1. The molecule has 1 amide bonds. The number of nitrogens with one attached hydrogen (secondary N) is 1. The van der Waals surface area contributed by atoms with Crippen LogP contribution in [0.5, 0.6) is 11.5 Å². The molecule has 0 unspecified atom stereocenters. The summed E-state index contributed by atoms with van der Waals surface area (Å²) in [5.41, 5.74) is 2.06. The number of amides is 1. The molecule has 1 heterocycles. The van der Waals surface area contributed by atoms with Gasteiger partial charge < -0.3 is 14.8 Å². The van der Waals surface area contributed by atoms with E-state index < -0.39 is 0 Å². The van der Waals surface area contributed by atoms with E-state index in [9.17, 15) is 4.79 Å². The fraction of sp³-hybridized carbons (Fsp3) is 0.190. The maximum atomic E-state index is 11.8. The SMILES string of the molecule is Cc1cccc(OCCNC(=O)COc2cnc(-c3ccccc3)nc2)c1. The average molecular weight is 363 g/mol. The Morgan fingerprint density at radius 2 is 1.74 bits per heavy atom. The van der Waals surface area contributed by atoms with E-state index in [0.29, 0.717) is 24.7 Å². The first-order chi connectivity index (χ1) is 13.2. The molecule has 0 bridgehead atoms. The molecule has 27 heavy (non-hydrogen) atoms. The van der Waals surface area contributed by atoms with Crippen molar-refractivity contribution in [3.05, 3.63) is 72.6 Å². The topological polar surface area (TPSA) is 73.3 Å². The number of carbonyl (C=O) groups is 1. The minimum absolute atomic E-state index is 0.0987. The van der Waals surface area contributed by atoms with Gasteiger partial charge in [-0.05, 0) is 24.6 Å². The van der Waals surface area contributed by atoms with E-state index in [2.05, 4.69) is 15.3 Å². The molecule has 0 radical (unpaired) electrons. The van der Waals surface area contributed by atoms with Crippen molar-refractivity contribution in [1.29, 1.82) is 0 Å². The van der Waals surface area contributed by atoms with Crippen LogP contribution in [0.15, 0.2) is 67.0 Å². The quantitative estimate of drug-likeness (QED) is 0.623. The predicted molar refractivity (Wildman–Crippen MR) is 103 cm³/mol. The predicted octanol–water partition coefficient (Wildman–Crippen LogP) is 3.03. The van der Waals surface area contributed by atoms with Crippen molar-refractivity contribution >= 4 is 5.91 Å². The second-order valence-corrected chi connectivity index (χ2v) is 5.91. The lowest BCUT2D eigenvalue weighted by Gasteiger charge is -2.09. The third-order valence-corrected chi connectivity index (χ3v) is 3.71. The third-order valence-electron chi connectivity index (χ3n) is 3.71. The van der Waals surface area contributed by atoms with Crippen molar-refractivity contribution in [3.63, 3.8) is 0 Å². The van der Waals surface area contributed by atoms with Gasteiger partial charge in [-0.1, -0.05) is 42.5 Å². The van der Waals surface area contributed by atoms with Crippen LogP contribution in [-0.2, 0) is 4.79 Å². The van der Waals surface area contributed by atoms with Gasteiger partial charge in [0.2, 0.25) is 0 Å². The molecule has 0 fully saturated rings. The van der Waals surface area contributed by atoms with Gasteiger partial charge in [0.25, 0.3) is 5.91 Å². The molecule has 1 N–H and O–H groups in total. The van der Waals surface area contributed by atoms with Gasteiger partial charge in [-0.2, -0.15) is 0 Å². The van der Waals surface area contributed by atoms with Crippen molar-refractivity contribution in [2.75, 3.05) is 19.8 Å². The van der Waals surface area contributed by atoms with Gasteiger partial charge in [0.15, 0.2) is 18.2 Å². The highest BCUT2D eigenvalue weighted by molar-refractivity contribution is 5.77. The fourth-order valence-corrected chi connectivity index (χ4v) is 2.39. The zero-order chi connectivity index (χ0) is 18.9. The van der Waals surface area contributed by atoms with Crippen LogP contribution in [0.2, 0.25) is 0 Å². The smallest absolute Gasteiger partial charge is 0.258 e. The van der Waals surface area contributed by atoms with Crippen molar-refractivity contribution in [1.82, 2.24) is 15.3 Å². The van der Waals surface area contributed by atoms with Crippen LogP contribution in [0.3, 0.4) is 0 Å². The van der Waals surface area contributed by atoms with E-state index in [0.717, 1.165) is 16.9 Å². The van der Waals surface area contributed by atoms with Crippen LogP contribution in [0.25, 0.3) is 11.4 Å². The second kappa shape index (κ2) is 9.33. The second-order valence-electron chi connectivity index (χ2n) is 5.91. The normalized spacial score (nSPS) is 10.3. The summed E-state index contributed by atoms with van der Waals surface area (Å²) in [5, 5.41) is 2.75. The first kappa shape index (κ1) is 18.4. The summed E-state index contributed by atoms with van der Waals surface area (Å²) >= 11 is 0. The Balaban J connectivity index is 1.37. The number of ether oxygens (including phenoxy) is 2. The number of benzene rings is 2. The summed E-state index contributed by atoms with van der Waals surface area (Å²) in [7, 11) is 0. The lowest BCUT2D eigenvalue weighted by molar-refractivity contribution is -0.123. The molecule has 6 heteroatoms. The van der Waals surface area contributed by atoms with E-state index in [1.54, 1.807) is 12.4 Å². The maximum Gasteiger partial charge on any atom is 0.258 e. The van der Waals surface area contributed by atoms with Crippen molar-refractivity contribution < 1.29 is 14.3 Å². The molecular weight excluding hydrogens is 342 g/mol. The molecule has 6 nitrogen and oxygen atoms in total. The number of carbonyl (C=O) groups excluding carboxylic acids is 1. The molecule has 0 atom stereocenters. The molecule has 0 aliphatic rings. The molecular formula is C21H21N3O3. The highest BCUT2D eigenvalue weighted by Crippen LogP contribution is 2.15. The summed E-state index contributed by atoms with van der Waals surface area (Å²) in [6.45, 7) is 2.70. The van der Waals surface area contributed by atoms with Gasteiger partial charge in [-0.15, -0.1) is 0 Å². The molecule has 0 aliphatic carbocycles. The van der Waals surface area contributed by atoms with Crippen molar-refractivity contribution in [2.24, 2.45) is 0 Å². The Kier molecular flexibility index (Phi) is 6.35. The number of hydrogen-bond donors (Lipinski definition) is 1. The molecule has 3 aromatic rings. The van der Waals surface area contributed by atoms with E-state index in [1.165, 1.54) is 0 Å². The molecule has 2 aromatic carbocycles. The summed E-state index contributed by atoms with van der Waals surface area (Å²) in [6.07, 6.45) is 3.12. The molecule has 0 saturated carbocycles. The molecule has 0 aliphatic heterocycles. The first-order valence-corrected chi connectivity index (χ1v) is 8.67. The first-order valence-electron chi connectivity index (χ1n) is 8.67. The van der Waals surface area contributed by atoms with Gasteiger partial charge in [0.1, 0.15) is 12.4 Å². The number of rotatable bonds is 8. The lowest BCUT2D eigenvalue weighted by Crippen LogP contribution is -2.32. The van der Waals surface area contributed by atoms with Gasteiger partial charge in [0.05, 0.1) is 18.9 Å². The van der Waals surface area contributed by atoms with E-state index >= 15 is 0 Å². The Morgan fingerprint density at radius 1 is 0.963 bits per heavy atom. The zero-order valence-electron chi connectivity index (χ0n) is 15.1. The highest BCUT2D eigenvalue weighted by atomic mass is 16.5. The lowest BCUT2D eigenvalue weighted by atomic mass is 10.2. The summed E-state index contributed by atoms with van der Waals surface area (Å²) in [4.78, 5) is 20.3. The van der Waals surface area contributed by atoms with E-state index in [1.807, 2.05) is 61.5 Å². The minimum Gasteiger partial charge on any atom is -0.492 e. The van der Waals surface area contributed by atoms with Gasteiger partial charge in [0, 0.05) is 5.56 Å². The Bertz CT molecular complexity index is 867. The van der Waals surface area contributed by atoms with Gasteiger partial charge in [-0.25, -0.2) is 9.97 Å². The summed E-state index contributed by atoms with van der Waals surface area (Å²) in [6, 6.07) is 17.4. The number of nitrogens with zero attached hydrogens (tertiary/aromatic N) is 2. The van der Waals surface area contributed by atoms with E-state index in [-0.39, 0.29) is 12.5 Å². The summed E-state index contributed by atoms with van der Waals surface area (Å²) < 4.78 is 11.0. The highest BCUT2D eigenvalue weighted by Gasteiger charge is 2.05. The van der Waals surface area contributed by atoms with Crippen LogP contribution in [0.4, 0.5) is 0 Å². The third kappa shape index (κ3) is 5.81. The van der Waals surface area contributed by atoms with Gasteiger partial charge >= 0.3 is 0 Å². The minimum atomic E-state index is -0.227. The largest absolute Gasteiger partial charge is 0.492 e. The van der Waals surface area contributed by atoms with Crippen molar-refractivity contribution in [3.8, 4) is 22.9 Å². The standard InChI is InChI=1S/C21H21N3O3/c1-16-6-5-9-18(12-16)26-11-10-22-20(25)15-27-19-13-23-21(24-14-19)17-7-3-2-4-8-17/h2-9,12-14H,10-11,15H2,1H3,(H,22,25). The maximum absolute atomic E-state index is 11.8. The Labute approximate surface area is 158 Å². The average Bonchev–Trinajstić information content (AvgIpc) is 2.71. The molecule has 1 aromatic heterocycles. The zero-order valence-corrected chi connectivity index (χ0v) is 15.1. The summed E-state index contributed by atoms with van der Waals surface area (Å²) in [5.74, 6) is 1.62. The Morgan fingerprint density at radius 3 is 2.48 bits per heavy atom. The Hall–Kier alpha value is -3.41. The number of hydrogen-bond acceptors (Lipinski definition) is 5. The van der Waals surface area contributed by atoms with Crippen LogP contribution in [0, 0.1) is 6.92 Å². The van der Waals surface area contributed by atoms with Crippen LogP contribution in [0.1, 0.15) is 5.56 Å². The number of aromatic nitrogens is 2. The van der Waals surface area contributed by atoms with Crippen LogP contribution >= 0.6 is 0 Å². The van der Waals surface area contributed by atoms with Crippen molar-refractivity contribution in [2.45, 2.75) is 6.92 Å². The fourth-order valence-electron chi connectivity index (χ4n) is 2.39. The molecule has 0 spiro atoms. The van der Waals surface area contributed by atoms with Crippen LogP contribution < -0.4 is 14.8 Å². The monoisotopic (exact) mass is 363 g/mol. The molecule has 0 saturated heterocycles. The molecule has 3 rings (SSSR count).